The van der Waals surface area contributed by atoms with Crippen LogP contribution in [-0.2, 0) is 7.05 Å². The summed E-state index contributed by atoms with van der Waals surface area (Å²) in [6.07, 6.45) is 1.71. The lowest BCUT2D eigenvalue weighted by atomic mass is 9.97. The largest absolute Gasteiger partial charge is 0.317 e. The van der Waals surface area contributed by atoms with Crippen LogP contribution in [0.5, 0.6) is 0 Å². The van der Waals surface area contributed by atoms with Gasteiger partial charge in [0.25, 0.3) is 5.56 Å². The molecule has 4 heteroatoms. The number of halogens is 1. The van der Waals surface area contributed by atoms with E-state index in [2.05, 4.69) is 0 Å². The number of nitrogens with zero attached hydrogens (tertiary/aromatic N) is 2. The molecule has 18 heavy (non-hydrogen) atoms. The lowest BCUT2D eigenvalue weighted by Crippen LogP contribution is -2.21. The highest BCUT2D eigenvalue weighted by Gasteiger charge is 2.15. The summed E-state index contributed by atoms with van der Waals surface area (Å²) in [6.45, 7) is 1.86. The summed E-state index contributed by atoms with van der Waals surface area (Å²) in [5.74, 6) is 0. The highest BCUT2D eigenvalue weighted by Crippen LogP contribution is 2.31. The molecule has 0 aliphatic rings. The van der Waals surface area contributed by atoms with Crippen LogP contribution in [0.3, 0.4) is 0 Å². The van der Waals surface area contributed by atoms with Crippen LogP contribution >= 0.6 is 11.6 Å². The maximum Gasteiger partial charge on any atom is 0.268 e. The number of nitriles is 1. The van der Waals surface area contributed by atoms with Crippen molar-refractivity contribution in [2.24, 2.45) is 7.05 Å². The van der Waals surface area contributed by atoms with E-state index in [1.165, 1.54) is 4.57 Å². The molecule has 0 aliphatic carbocycles. The lowest BCUT2D eigenvalue weighted by Gasteiger charge is -2.11. The van der Waals surface area contributed by atoms with Crippen LogP contribution in [0.15, 0.2) is 35.3 Å². The summed E-state index contributed by atoms with van der Waals surface area (Å²) in [5, 5.41) is 9.73. The number of hydrogen-bond acceptors (Lipinski definition) is 2. The fourth-order valence-electron chi connectivity index (χ4n) is 2.01. The molecule has 0 atom stereocenters. The summed E-state index contributed by atoms with van der Waals surface area (Å²) in [5.41, 5.74) is 2.00. The van der Waals surface area contributed by atoms with Gasteiger partial charge in [-0.3, -0.25) is 4.79 Å². The molecule has 2 rings (SSSR count). The number of rotatable bonds is 1. The van der Waals surface area contributed by atoms with Crippen LogP contribution in [-0.4, -0.2) is 4.57 Å². The Morgan fingerprint density at radius 3 is 2.61 bits per heavy atom. The van der Waals surface area contributed by atoms with Gasteiger partial charge in [0.1, 0.15) is 11.6 Å². The van der Waals surface area contributed by atoms with Crippen molar-refractivity contribution in [1.82, 2.24) is 4.57 Å². The Balaban J connectivity index is 2.89. The van der Waals surface area contributed by atoms with Crippen molar-refractivity contribution in [3.8, 4) is 17.2 Å². The Labute approximate surface area is 110 Å². The third-order valence-electron chi connectivity index (χ3n) is 2.82. The van der Waals surface area contributed by atoms with Crippen LogP contribution < -0.4 is 5.56 Å². The van der Waals surface area contributed by atoms with Gasteiger partial charge in [-0.15, -0.1) is 0 Å². The molecule has 0 fully saturated rings. The van der Waals surface area contributed by atoms with E-state index in [9.17, 15) is 10.1 Å². The molecular formula is C14H11ClN2O. The van der Waals surface area contributed by atoms with E-state index in [0.29, 0.717) is 16.1 Å². The molecule has 2 aromatic rings. The molecule has 0 aliphatic heterocycles. The topological polar surface area (TPSA) is 45.8 Å². The van der Waals surface area contributed by atoms with Crippen LogP contribution in [0.4, 0.5) is 0 Å². The first-order chi connectivity index (χ1) is 8.56. The van der Waals surface area contributed by atoms with Crippen LogP contribution in [0.2, 0.25) is 5.02 Å². The zero-order chi connectivity index (χ0) is 13.3. The molecule has 90 valence electrons. The molecule has 1 aromatic carbocycles. The second-order valence-corrected chi connectivity index (χ2v) is 4.48. The SMILES string of the molecule is Cc1cn(C)c(=O)c(C#N)c1-c1ccccc1Cl. The Kier molecular flexibility index (Phi) is 3.22. The van der Waals surface area contributed by atoms with Gasteiger partial charge in [0.2, 0.25) is 0 Å². The first-order valence-electron chi connectivity index (χ1n) is 5.41. The fourth-order valence-corrected chi connectivity index (χ4v) is 2.24. The van der Waals surface area contributed by atoms with Gasteiger partial charge in [-0.05, 0) is 18.6 Å². The monoisotopic (exact) mass is 258 g/mol. The Hall–Kier alpha value is -2.05. The average molecular weight is 259 g/mol. The van der Waals surface area contributed by atoms with Gasteiger partial charge in [-0.2, -0.15) is 5.26 Å². The second-order valence-electron chi connectivity index (χ2n) is 4.07. The number of hydrogen-bond donors (Lipinski definition) is 0. The molecule has 0 bridgehead atoms. The predicted octanol–water partition coefficient (Wildman–Crippen LogP) is 2.89. The van der Waals surface area contributed by atoms with E-state index >= 15 is 0 Å². The van der Waals surface area contributed by atoms with Crippen molar-refractivity contribution in [1.29, 1.82) is 5.26 Å². The molecule has 1 aromatic heterocycles. The molecular weight excluding hydrogens is 248 g/mol. The minimum atomic E-state index is -0.307. The van der Waals surface area contributed by atoms with Crippen LogP contribution in [0, 0.1) is 18.3 Å². The maximum atomic E-state index is 12.0. The molecule has 3 nitrogen and oxygen atoms in total. The standard InChI is InChI=1S/C14H11ClN2O/c1-9-8-17(2)14(18)11(7-16)13(9)10-5-3-4-6-12(10)15/h3-6,8H,1-2H3. The number of benzene rings is 1. The van der Waals surface area contributed by atoms with E-state index < -0.39 is 0 Å². The normalized spacial score (nSPS) is 10.1. The first-order valence-corrected chi connectivity index (χ1v) is 5.79. The highest BCUT2D eigenvalue weighted by molar-refractivity contribution is 6.33. The molecule has 1 heterocycles. The first kappa shape index (κ1) is 12.4. The van der Waals surface area contributed by atoms with Gasteiger partial charge in [0, 0.05) is 29.4 Å². The highest BCUT2D eigenvalue weighted by atomic mass is 35.5. The Morgan fingerprint density at radius 2 is 2.00 bits per heavy atom. The quantitative estimate of drug-likeness (QED) is 0.790. The summed E-state index contributed by atoms with van der Waals surface area (Å²) in [7, 11) is 1.63. The zero-order valence-corrected chi connectivity index (χ0v) is 10.8. The van der Waals surface area contributed by atoms with Crippen molar-refractivity contribution >= 4 is 11.6 Å². The zero-order valence-electron chi connectivity index (χ0n) is 10.1. The summed E-state index contributed by atoms with van der Waals surface area (Å²) in [4.78, 5) is 12.0. The maximum absolute atomic E-state index is 12.0. The third-order valence-corrected chi connectivity index (χ3v) is 3.15. The summed E-state index contributed by atoms with van der Waals surface area (Å²) >= 11 is 6.13. The average Bonchev–Trinajstić information content (AvgIpc) is 2.34. The third kappa shape index (κ3) is 1.92. The second kappa shape index (κ2) is 4.67. The minimum absolute atomic E-state index is 0.130. The smallest absolute Gasteiger partial charge is 0.268 e. The number of aromatic nitrogens is 1. The van der Waals surface area contributed by atoms with Crippen molar-refractivity contribution in [2.75, 3.05) is 0 Å². The van der Waals surface area contributed by atoms with Crippen molar-refractivity contribution in [2.45, 2.75) is 6.92 Å². The fraction of sp³-hybridized carbons (Fsp3) is 0.143. The molecule has 0 radical (unpaired) electrons. The van der Waals surface area contributed by atoms with Gasteiger partial charge in [-0.1, -0.05) is 29.8 Å². The molecule has 0 spiro atoms. The van der Waals surface area contributed by atoms with Gasteiger partial charge in [0.05, 0.1) is 0 Å². The minimum Gasteiger partial charge on any atom is -0.317 e. The van der Waals surface area contributed by atoms with E-state index in [0.717, 1.165) is 5.56 Å². The van der Waals surface area contributed by atoms with Crippen LogP contribution in [0.25, 0.3) is 11.1 Å². The molecule has 0 unspecified atom stereocenters. The van der Waals surface area contributed by atoms with Gasteiger partial charge < -0.3 is 4.57 Å². The van der Waals surface area contributed by atoms with Crippen molar-refractivity contribution in [3.05, 3.63) is 57.0 Å². The molecule has 0 amide bonds. The van der Waals surface area contributed by atoms with Gasteiger partial charge in [-0.25, -0.2) is 0 Å². The summed E-state index contributed by atoms with van der Waals surface area (Å²) < 4.78 is 1.41. The van der Waals surface area contributed by atoms with Crippen molar-refractivity contribution < 1.29 is 0 Å². The Morgan fingerprint density at radius 1 is 1.33 bits per heavy atom. The van der Waals surface area contributed by atoms with E-state index in [4.69, 9.17) is 11.6 Å². The van der Waals surface area contributed by atoms with E-state index in [1.807, 2.05) is 31.2 Å². The molecule has 0 N–H and O–H groups in total. The Bertz CT molecular complexity index is 711. The van der Waals surface area contributed by atoms with Crippen molar-refractivity contribution in [3.63, 3.8) is 0 Å². The predicted molar refractivity (Wildman–Crippen MR) is 71.6 cm³/mol. The van der Waals surface area contributed by atoms with Crippen LogP contribution in [0.1, 0.15) is 11.1 Å². The van der Waals surface area contributed by atoms with Gasteiger partial charge >= 0.3 is 0 Å². The molecule has 0 saturated heterocycles. The lowest BCUT2D eigenvalue weighted by molar-refractivity contribution is 0.848. The van der Waals surface area contributed by atoms with Gasteiger partial charge in [0.15, 0.2) is 0 Å². The number of aryl methyl sites for hydroxylation is 2. The summed E-state index contributed by atoms with van der Waals surface area (Å²) in [6, 6.07) is 9.18. The number of pyridine rings is 1. The van der Waals surface area contributed by atoms with E-state index in [1.54, 1.807) is 19.3 Å². The molecule has 0 saturated carbocycles. The van der Waals surface area contributed by atoms with E-state index in [-0.39, 0.29) is 11.1 Å².